The van der Waals surface area contributed by atoms with Crippen molar-refractivity contribution in [1.29, 1.82) is 0 Å². The van der Waals surface area contributed by atoms with E-state index in [1.54, 1.807) is 36.3 Å². The van der Waals surface area contributed by atoms with Gasteiger partial charge in [-0.3, -0.25) is 4.79 Å². The van der Waals surface area contributed by atoms with Crippen molar-refractivity contribution in [3.63, 3.8) is 0 Å². The van der Waals surface area contributed by atoms with Crippen LogP contribution in [0.2, 0.25) is 5.02 Å². The summed E-state index contributed by atoms with van der Waals surface area (Å²) >= 11 is 5.87. The van der Waals surface area contributed by atoms with Crippen molar-refractivity contribution in [3.05, 3.63) is 41.6 Å². The van der Waals surface area contributed by atoms with E-state index < -0.39 is 0 Å². The van der Waals surface area contributed by atoms with E-state index in [0.29, 0.717) is 16.5 Å². The molecule has 0 aliphatic heterocycles. The average molecular weight is 237 g/mol. The van der Waals surface area contributed by atoms with Crippen LogP contribution in [0.15, 0.2) is 30.9 Å². The molecule has 0 aliphatic carbocycles. The molecule has 0 bridgehead atoms. The number of carbonyl (C=O) groups is 1. The van der Waals surface area contributed by atoms with Gasteiger partial charge in [-0.05, 0) is 12.1 Å². The minimum atomic E-state index is -0.291. The van der Waals surface area contributed by atoms with Crippen LogP contribution in [0.4, 0.5) is 5.82 Å². The third kappa shape index (κ3) is 2.04. The molecule has 0 unspecified atom stereocenters. The van der Waals surface area contributed by atoms with Gasteiger partial charge in [-0.25, -0.2) is 9.97 Å². The van der Waals surface area contributed by atoms with Gasteiger partial charge in [0.15, 0.2) is 5.82 Å². The second kappa shape index (κ2) is 4.32. The number of anilines is 1. The molecular formula is C10H9ClN4O. The van der Waals surface area contributed by atoms with Gasteiger partial charge in [-0.2, -0.15) is 0 Å². The second-order valence-corrected chi connectivity index (χ2v) is 3.58. The number of rotatable bonds is 2. The maximum atomic E-state index is 11.8. The Morgan fingerprint density at radius 2 is 2.38 bits per heavy atom. The minimum absolute atomic E-state index is 0.291. The maximum Gasteiger partial charge on any atom is 0.275 e. The predicted octanol–water partition coefficient (Wildman–Crippen LogP) is 1.72. The van der Waals surface area contributed by atoms with E-state index in [9.17, 15) is 4.79 Å². The molecule has 0 saturated carbocycles. The third-order valence-electron chi connectivity index (χ3n) is 2.04. The quantitative estimate of drug-likeness (QED) is 0.864. The van der Waals surface area contributed by atoms with Crippen molar-refractivity contribution in [3.8, 4) is 0 Å². The van der Waals surface area contributed by atoms with E-state index in [0.717, 1.165) is 0 Å². The van der Waals surface area contributed by atoms with Crippen LogP contribution in [-0.2, 0) is 7.05 Å². The fourth-order valence-corrected chi connectivity index (χ4v) is 1.39. The highest BCUT2D eigenvalue weighted by Crippen LogP contribution is 2.17. The van der Waals surface area contributed by atoms with Gasteiger partial charge < -0.3 is 9.88 Å². The maximum absolute atomic E-state index is 11.8. The van der Waals surface area contributed by atoms with Crippen LogP contribution in [0.3, 0.4) is 0 Å². The van der Waals surface area contributed by atoms with Gasteiger partial charge in [0.1, 0.15) is 5.69 Å². The summed E-state index contributed by atoms with van der Waals surface area (Å²) in [6.45, 7) is 0. The molecule has 16 heavy (non-hydrogen) atoms. The number of pyridine rings is 1. The van der Waals surface area contributed by atoms with Crippen molar-refractivity contribution < 1.29 is 4.79 Å². The first kappa shape index (κ1) is 10.6. The summed E-state index contributed by atoms with van der Waals surface area (Å²) < 4.78 is 1.62. The van der Waals surface area contributed by atoms with Crippen LogP contribution in [-0.4, -0.2) is 20.4 Å². The lowest BCUT2D eigenvalue weighted by Crippen LogP contribution is -2.16. The highest BCUT2D eigenvalue weighted by molar-refractivity contribution is 6.33. The molecule has 2 heterocycles. The van der Waals surface area contributed by atoms with Gasteiger partial charge in [-0.1, -0.05) is 11.6 Å². The van der Waals surface area contributed by atoms with Gasteiger partial charge in [0.05, 0.1) is 17.5 Å². The zero-order valence-electron chi connectivity index (χ0n) is 8.51. The Bertz CT molecular complexity index is 523. The van der Waals surface area contributed by atoms with Crippen LogP contribution in [0.5, 0.6) is 0 Å². The van der Waals surface area contributed by atoms with Crippen molar-refractivity contribution in [1.82, 2.24) is 14.5 Å². The number of hydrogen-bond donors (Lipinski definition) is 1. The summed E-state index contributed by atoms with van der Waals surface area (Å²) in [6, 6.07) is 3.36. The largest absolute Gasteiger partial charge is 0.330 e. The van der Waals surface area contributed by atoms with E-state index in [4.69, 9.17) is 11.6 Å². The van der Waals surface area contributed by atoms with E-state index in [1.807, 2.05) is 0 Å². The number of nitrogens with one attached hydrogen (secondary N) is 1. The van der Waals surface area contributed by atoms with Gasteiger partial charge in [0, 0.05) is 13.2 Å². The fourth-order valence-electron chi connectivity index (χ4n) is 1.23. The Morgan fingerprint density at radius 3 is 3.00 bits per heavy atom. The smallest absolute Gasteiger partial charge is 0.275 e. The molecule has 5 nitrogen and oxygen atoms in total. The highest BCUT2D eigenvalue weighted by Gasteiger charge is 2.11. The molecule has 1 N–H and O–H groups in total. The summed E-state index contributed by atoms with van der Waals surface area (Å²) in [6.07, 6.45) is 4.59. The second-order valence-electron chi connectivity index (χ2n) is 3.18. The number of nitrogens with zero attached hydrogens (tertiary/aromatic N) is 3. The van der Waals surface area contributed by atoms with E-state index in [2.05, 4.69) is 15.3 Å². The fraction of sp³-hybridized carbons (Fsp3) is 0.100. The monoisotopic (exact) mass is 236 g/mol. The lowest BCUT2D eigenvalue weighted by Gasteiger charge is -2.05. The molecule has 82 valence electrons. The van der Waals surface area contributed by atoms with Gasteiger partial charge >= 0.3 is 0 Å². The molecule has 0 atom stereocenters. The topological polar surface area (TPSA) is 59.8 Å². The molecule has 0 saturated heterocycles. The molecular weight excluding hydrogens is 228 g/mol. The first-order valence-electron chi connectivity index (χ1n) is 4.56. The summed E-state index contributed by atoms with van der Waals surface area (Å²) in [5.41, 5.74) is 0.446. The minimum Gasteiger partial charge on any atom is -0.330 e. The molecule has 0 radical (unpaired) electrons. The normalized spacial score (nSPS) is 10.1. The first-order chi connectivity index (χ1) is 7.68. The summed E-state index contributed by atoms with van der Waals surface area (Å²) in [7, 11) is 1.74. The zero-order chi connectivity index (χ0) is 11.5. The standard InChI is InChI=1S/C10H9ClN4O/c1-15-6-12-5-8(15)10(16)14-9-7(11)3-2-4-13-9/h2-6H,1H3,(H,13,14,16). The number of imidazole rings is 1. The van der Waals surface area contributed by atoms with Crippen LogP contribution < -0.4 is 5.32 Å². The lowest BCUT2D eigenvalue weighted by atomic mass is 10.4. The van der Waals surface area contributed by atoms with Crippen LogP contribution in [0, 0.1) is 0 Å². The lowest BCUT2D eigenvalue weighted by molar-refractivity contribution is 0.101. The number of aromatic nitrogens is 3. The molecule has 6 heteroatoms. The van der Waals surface area contributed by atoms with Crippen molar-refractivity contribution in [2.24, 2.45) is 7.05 Å². The van der Waals surface area contributed by atoms with E-state index >= 15 is 0 Å². The Morgan fingerprint density at radius 1 is 1.56 bits per heavy atom. The van der Waals surface area contributed by atoms with Crippen molar-refractivity contribution in [2.75, 3.05) is 5.32 Å². The van der Waals surface area contributed by atoms with Gasteiger partial charge in [0.2, 0.25) is 0 Å². The van der Waals surface area contributed by atoms with Crippen molar-refractivity contribution >= 4 is 23.3 Å². The third-order valence-corrected chi connectivity index (χ3v) is 2.34. The van der Waals surface area contributed by atoms with Crippen LogP contribution in [0.25, 0.3) is 0 Å². The molecule has 0 aliphatic rings. The summed E-state index contributed by atoms with van der Waals surface area (Å²) in [5.74, 6) is 0.0518. The molecule has 2 aromatic heterocycles. The van der Waals surface area contributed by atoms with E-state index in [1.165, 1.54) is 6.20 Å². The Balaban J connectivity index is 2.21. The molecule has 0 fully saturated rings. The Labute approximate surface area is 97.1 Å². The number of carbonyl (C=O) groups excluding carboxylic acids is 1. The Kier molecular flexibility index (Phi) is 2.87. The SMILES string of the molecule is Cn1cncc1C(=O)Nc1ncccc1Cl. The predicted molar refractivity (Wildman–Crippen MR) is 60.4 cm³/mol. The van der Waals surface area contributed by atoms with Gasteiger partial charge in [0.25, 0.3) is 5.91 Å². The number of amides is 1. The summed E-state index contributed by atoms with van der Waals surface area (Å²) in [5, 5.41) is 3.01. The molecule has 0 spiro atoms. The zero-order valence-corrected chi connectivity index (χ0v) is 9.27. The number of aryl methyl sites for hydroxylation is 1. The Hall–Kier alpha value is -1.88. The first-order valence-corrected chi connectivity index (χ1v) is 4.94. The number of halogens is 1. The van der Waals surface area contributed by atoms with Gasteiger partial charge in [-0.15, -0.1) is 0 Å². The van der Waals surface area contributed by atoms with Crippen LogP contribution >= 0.6 is 11.6 Å². The highest BCUT2D eigenvalue weighted by atomic mass is 35.5. The number of hydrogen-bond acceptors (Lipinski definition) is 3. The molecule has 1 amide bonds. The van der Waals surface area contributed by atoms with E-state index in [-0.39, 0.29) is 5.91 Å². The summed E-state index contributed by atoms with van der Waals surface area (Å²) in [4.78, 5) is 19.6. The average Bonchev–Trinajstić information content (AvgIpc) is 2.68. The van der Waals surface area contributed by atoms with Crippen molar-refractivity contribution in [2.45, 2.75) is 0 Å². The van der Waals surface area contributed by atoms with Crippen LogP contribution in [0.1, 0.15) is 10.5 Å². The molecule has 0 aromatic carbocycles. The molecule has 2 rings (SSSR count). The molecule has 2 aromatic rings.